The van der Waals surface area contributed by atoms with Crippen LogP contribution in [-0.2, 0) is 0 Å². The molecule has 0 heterocycles. The number of hydrogen-bond acceptors (Lipinski definition) is 1. The molecule has 1 aromatic carbocycles. The van der Waals surface area contributed by atoms with Crippen LogP contribution in [0.25, 0.3) is 0 Å². The predicted octanol–water partition coefficient (Wildman–Crippen LogP) is 7.29. The van der Waals surface area contributed by atoms with Gasteiger partial charge in [0.05, 0.1) is 6.61 Å². The fraction of sp³-hybridized carbons (Fsp3) is 0.739. The van der Waals surface area contributed by atoms with Gasteiger partial charge in [-0.1, -0.05) is 39.0 Å². The van der Waals surface area contributed by atoms with Gasteiger partial charge < -0.3 is 4.74 Å². The molecule has 0 atom stereocenters. The zero-order valence-corrected chi connectivity index (χ0v) is 16.5. The van der Waals surface area contributed by atoms with E-state index < -0.39 is 17.5 Å². The molecule has 3 rings (SSSR count). The molecule has 0 aromatic heterocycles. The van der Waals surface area contributed by atoms with Crippen molar-refractivity contribution in [3.8, 4) is 5.75 Å². The van der Waals surface area contributed by atoms with E-state index in [0.29, 0.717) is 12.5 Å². The molecule has 2 saturated carbocycles. The molecule has 0 spiro atoms. The van der Waals surface area contributed by atoms with E-state index in [0.717, 1.165) is 36.7 Å². The third-order valence-corrected chi connectivity index (χ3v) is 6.89. The van der Waals surface area contributed by atoms with Gasteiger partial charge in [0.1, 0.15) is 0 Å². The van der Waals surface area contributed by atoms with Crippen molar-refractivity contribution in [2.24, 2.45) is 23.7 Å². The largest absolute Gasteiger partial charge is 0.490 e. The van der Waals surface area contributed by atoms with Gasteiger partial charge in [0.2, 0.25) is 5.82 Å². The van der Waals surface area contributed by atoms with Crippen molar-refractivity contribution in [1.29, 1.82) is 0 Å². The molecule has 1 aromatic rings. The molecular weight excluding hydrogens is 349 g/mol. The summed E-state index contributed by atoms with van der Waals surface area (Å²) < 4.78 is 45.4. The normalized spacial score (nSPS) is 28.9. The fourth-order valence-corrected chi connectivity index (χ4v) is 5.09. The maximum Gasteiger partial charge on any atom is 0.203 e. The third-order valence-electron chi connectivity index (χ3n) is 6.89. The Balaban J connectivity index is 1.39. The van der Waals surface area contributed by atoms with Crippen molar-refractivity contribution >= 4 is 0 Å². The van der Waals surface area contributed by atoms with E-state index in [2.05, 4.69) is 6.92 Å². The Labute approximate surface area is 161 Å². The van der Waals surface area contributed by atoms with Crippen LogP contribution in [0.4, 0.5) is 13.2 Å². The van der Waals surface area contributed by atoms with Gasteiger partial charge in [-0.25, -0.2) is 8.78 Å². The Kier molecular flexibility index (Phi) is 7.49. The Hall–Kier alpha value is -1.19. The van der Waals surface area contributed by atoms with Gasteiger partial charge in [-0.3, -0.25) is 0 Å². The van der Waals surface area contributed by atoms with E-state index in [1.807, 2.05) is 0 Å². The molecule has 152 valence electrons. The summed E-state index contributed by atoms with van der Waals surface area (Å²) in [6.45, 7) is 2.66. The lowest BCUT2D eigenvalue weighted by molar-refractivity contribution is 0.120. The molecule has 0 saturated heterocycles. The van der Waals surface area contributed by atoms with Gasteiger partial charge in [0.15, 0.2) is 17.4 Å². The van der Waals surface area contributed by atoms with Crippen molar-refractivity contribution in [3.05, 3.63) is 29.6 Å². The lowest BCUT2D eigenvalue weighted by Crippen LogP contribution is -2.27. The van der Waals surface area contributed by atoms with Crippen LogP contribution >= 0.6 is 0 Å². The van der Waals surface area contributed by atoms with E-state index >= 15 is 0 Å². The van der Waals surface area contributed by atoms with Gasteiger partial charge in [-0.05, 0) is 74.3 Å². The molecule has 0 bridgehead atoms. The number of benzene rings is 1. The lowest BCUT2D eigenvalue weighted by Gasteiger charge is -2.37. The highest BCUT2D eigenvalue weighted by molar-refractivity contribution is 5.26. The van der Waals surface area contributed by atoms with Crippen LogP contribution in [0.5, 0.6) is 5.75 Å². The van der Waals surface area contributed by atoms with E-state index in [1.165, 1.54) is 63.9 Å². The highest BCUT2D eigenvalue weighted by atomic mass is 19.2. The van der Waals surface area contributed by atoms with Crippen LogP contribution in [0.15, 0.2) is 12.1 Å². The van der Waals surface area contributed by atoms with Crippen molar-refractivity contribution in [2.75, 3.05) is 6.61 Å². The summed E-state index contributed by atoms with van der Waals surface area (Å²) in [5.41, 5.74) is 0. The molecule has 1 nitrogen and oxygen atoms in total. The summed E-state index contributed by atoms with van der Waals surface area (Å²) in [4.78, 5) is 0. The van der Waals surface area contributed by atoms with Crippen LogP contribution in [0.3, 0.4) is 0 Å². The minimum atomic E-state index is -1.45. The molecule has 2 aliphatic rings. The van der Waals surface area contributed by atoms with Gasteiger partial charge in [0, 0.05) is 0 Å². The minimum absolute atomic E-state index is 0.179. The monoisotopic (exact) mass is 382 g/mol. The second-order valence-corrected chi connectivity index (χ2v) is 8.69. The smallest absolute Gasteiger partial charge is 0.203 e. The maximum atomic E-state index is 13.7. The summed E-state index contributed by atoms with van der Waals surface area (Å²) in [7, 11) is 0. The summed E-state index contributed by atoms with van der Waals surface area (Å²) >= 11 is 0. The Morgan fingerprint density at radius 1 is 0.815 bits per heavy atom. The number of ether oxygens (including phenoxy) is 1. The molecule has 0 N–H and O–H groups in total. The molecule has 0 unspecified atom stereocenters. The first-order valence-electron chi connectivity index (χ1n) is 10.8. The van der Waals surface area contributed by atoms with Crippen molar-refractivity contribution in [3.63, 3.8) is 0 Å². The zero-order chi connectivity index (χ0) is 19.2. The predicted molar refractivity (Wildman–Crippen MR) is 102 cm³/mol. The highest BCUT2D eigenvalue weighted by Gasteiger charge is 2.31. The third kappa shape index (κ3) is 5.42. The molecule has 2 aliphatic carbocycles. The van der Waals surface area contributed by atoms with Crippen LogP contribution in [-0.4, -0.2) is 6.61 Å². The maximum absolute atomic E-state index is 13.7. The molecule has 27 heavy (non-hydrogen) atoms. The summed E-state index contributed by atoms with van der Waals surface area (Å²) in [6.07, 6.45) is 14.3. The number of rotatable bonds is 7. The SMILES string of the molecule is CCCCC1CCC(C2CCC(COc3ccc(F)c(F)c3F)CC2)CC1. The van der Waals surface area contributed by atoms with Gasteiger partial charge in [-0.2, -0.15) is 4.39 Å². The summed E-state index contributed by atoms with van der Waals surface area (Å²) in [5, 5.41) is 0. The van der Waals surface area contributed by atoms with Gasteiger partial charge >= 0.3 is 0 Å². The van der Waals surface area contributed by atoms with E-state index in [4.69, 9.17) is 4.74 Å². The average Bonchev–Trinajstić information content (AvgIpc) is 2.71. The minimum Gasteiger partial charge on any atom is -0.490 e. The molecule has 0 radical (unpaired) electrons. The van der Waals surface area contributed by atoms with Gasteiger partial charge in [0.25, 0.3) is 0 Å². The Morgan fingerprint density at radius 2 is 1.41 bits per heavy atom. The second-order valence-electron chi connectivity index (χ2n) is 8.69. The lowest BCUT2D eigenvalue weighted by atomic mass is 9.69. The van der Waals surface area contributed by atoms with E-state index in [-0.39, 0.29) is 5.75 Å². The van der Waals surface area contributed by atoms with Crippen LogP contribution in [0.1, 0.15) is 77.6 Å². The van der Waals surface area contributed by atoms with Crippen LogP contribution in [0.2, 0.25) is 0 Å². The Morgan fingerprint density at radius 3 is 2.00 bits per heavy atom. The second kappa shape index (κ2) is 9.84. The molecule has 2 fully saturated rings. The topological polar surface area (TPSA) is 9.23 Å². The standard InChI is InChI=1S/C23H33F3O/c1-2-3-4-16-5-9-18(10-6-16)19-11-7-17(8-12-19)15-27-21-14-13-20(24)22(25)23(21)26/h13-14,16-19H,2-12,15H2,1H3. The summed E-state index contributed by atoms with van der Waals surface area (Å²) in [5.74, 6) is -0.978. The molecular formula is C23H33F3O. The van der Waals surface area contributed by atoms with Crippen molar-refractivity contribution in [1.82, 2.24) is 0 Å². The van der Waals surface area contributed by atoms with E-state index in [9.17, 15) is 13.2 Å². The van der Waals surface area contributed by atoms with Crippen LogP contribution < -0.4 is 4.74 Å². The molecule has 0 aliphatic heterocycles. The number of hydrogen-bond donors (Lipinski definition) is 0. The first-order chi connectivity index (χ1) is 13.1. The summed E-state index contributed by atoms with van der Waals surface area (Å²) in [6, 6.07) is 2.10. The van der Waals surface area contributed by atoms with E-state index in [1.54, 1.807) is 0 Å². The van der Waals surface area contributed by atoms with Gasteiger partial charge in [-0.15, -0.1) is 0 Å². The average molecular weight is 383 g/mol. The van der Waals surface area contributed by atoms with Crippen molar-refractivity contribution in [2.45, 2.75) is 77.6 Å². The van der Waals surface area contributed by atoms with Crippen LogP contribution in [0, 0.1) is 41.1 Å². The zero-order valence-electron chi connectivity index (χ0n) is 16.5. The fourth-order valence-electron chi connectivity index (χ4n) is 5.09. The first kappa shape index (κ1) is 20.5. The molecule has 4 heteroatoms. The first-order valence-corrected chi connectivity index (χ1v) is 10.8. The number of unbranched alkanes of at least 4 members (excludes halogenated alkanes) is 1. The molecule has 0 amide bonds. The number of halogens is 3. The highest BCUT2D eigenvalue weighted by Crippen LogP contribution is 2.42. The Bertz CT molecular complexity index is 588. The van der Waals surface area contributed by atoms with Crippen molar-refractivity contribution < 1.29 is 17.9 Å². The quantitative estimate of drug-likeness (QED) is 0.450.